The average molecular weight is 268 g/mol. The minimum absolute atomic E-state index is 0.329. The molecule has 0 saturated carbocycles. The molecule has 3 nitrogen and oxygen atoms in total. The first-order valence-electron chi connectivity index (χ1n) is 8.09. The van der Waals surface area contributed by atoms with Crippen LogP contribution in [0.4, 0.5) is 0 Å². The highest BCUT2D eigenvalue weighted by Crippen LogP contribution is 2.27. The van der Waals surface area contributed by atoms with Crippen molar-refractivity contribution in [3.05, 3.63) is 0 Å². The van der Waals surface area contributed by atoms with Crippen molar-refractivity contribution in [2.24, 2.45) is 11.8 Å². The number of hydrogen-bond acceptors (Lipinski definition) is 3. The molecule has 0 aromatic heterocycles. The summed E-state index contributed by atoms with van der Waals surface area (Å²) in [5.41, 5.74) is 0.329. The Morgan fingerprint density at radius 3 is 2.79 bits per heavy atom. The third-order valence-electron chi connectivity index (χ3n) is 5.00. The SMILES string of the molecule is CCC1(C)CNC(CC(C)C)CN1CC1CCOC1. The zero-order chi connectivity index (χ0) is 13.9. The van der Waals surface area contributed by atoms with E-state index in [1.54, 1.807) is 0 Å². The van der Waals surface area contributed by atoms with Crippen LogP contribution in [0.25, 0.3) is 0 Å². The largest absolute Gasteiger partial charge is 0.381 e. The number of nitrogens with one attached hydrogen (secondary N) is 1. The zero-order valence-corrected chi connectivity index (χ0v) is 13.2. The fourth-order valence-electron chi connectivity index (χ4n) is 3.44. The summed E-state index contributed by atoms with van der Waals surface area (Å²) in [6, 6.07) is 0.668. The number of rotatable bonds is 5. The topological polar surface area (TPSA) is 24.5 Å². The van der Waals surface area contributed by atoms with Crippen molar-refractivity contribution in [1.29, 1.82) is 0 Å². The predicted molar refractivity (Wildman–Crippen MR) is 80.4 cm³/mol. The number of ether oxygens (including phenoxy) is 1. The number of hydrogen-bond donors (Lipinski definition) is 1. The van der Waals surface area contributed by atoms with Gasteiger partial charge in [0.2, 0.25) is 0 Å². The first-order valence-corrected chi connectivity index (χ1v) is 8.09. The molecule has 2 heterocycles. The standard InChI is InChI=1S/C16H32N2O/c1-5-16(4)12-17-15(8-13(2)3)10-18(16)9-14-6-7-19-11-14/h13-15,17H,5-12H2,1-4H3. The van der Waals surface area contributed by atoms with Gasteiger partial charge in [-0.3, -0.25) is 4.90 Å². The van der Waals surface area contributed by atoms with Gasteiger partial charge in [0, 0.05) is 37.8 Å². The summed E-state index contributed by atoms with van der Waals surface area (Å²) in [4.78, 5) is 2.75. The third-order valence-corrected chi connectivity index (χ3v) is 5.00. The molecular formula is C16H32N2O. The second-order valence-corrected chi connectivity index (χ2v) is 7.19. The molecule has 3 atom stereocenters. The van der Waals surface area contributed by atoms with Crippen LogP contribution >= 0.6 is 0 Å². The zero-order valence-electron chi connectivity index (χ0n) is 13.2. The van der Waals surface area contributed by atoms with E-state index in [1.807, 2.05) is 0 Å². The normalized spacial score (nSPS) is 37.1. The molecule has 0 radical (unpaired) electrons. The van der Waals surface area contributed by atoms with Gasteiger partial charge in [0.05, 0.1) is 6.61 Å². The Hall–Kier alpha value is -0.120. The van der Waals surface area contributed by atoms with Gasteiger partial charge in [0.15, 0.2) is 0 Å². The molecule has 0 aromatic carbocycles. The molecule has 2 aliphatic rings. The minimum atomic E-state index is 0.329. The first kappa shape index (κ1) is 15.3. The summed E-state index contributed by atoms with van der Waals surface area (Å²) in [7, 11) is 0. The lowest BCUT2D eigenvalue weighted by Gasteiger charge is -2.49. The van der Waals surface area contributed by atoms with Gasteiger partial charge in [-0.25, -0.2) is 0 Å². The van der Waals surface area contributed by atoms with E-state index in [2.05, 4.69) is 37.9 Å². The molecule has 2 saturated heterocycles. The Morgan fingerprint density at radius 1 is 1.42 bits per heavy atom. The molecule has 0 bridgehead atoms. The second-order valence-electron chi connectivity index (χ2n) is 7.19. The summed E-state index contributed by atoms with van der Waals surface area (Å²) in [5, 5.41) is 3.77. The van der Waals surface area contributed by atoms with E-state index >= 15 is 0 Å². The summed E-state index contributed by atoms with van der Waals surface area (Å²) in [6.07, 6.45) is 3.76. The van der Waals surface area contributed by atoms with Crippen molar-refractivity contribution >= 4 is 0 Å². The van der Waals surface area contributed by atoms with E-state index < -0.39 is 0 Å². The lowest BCUT2D eigenvalue weighted by Crippen LogP contribution is -2.64. The summed E-state index contributed by atoms with van der Waals surface area (Å²) in [6.45, 7) is 14.9. The van der Waals surface area contributed by atoms with Gasteiger partial charge in [-0.1, -0.05) is 20.8 Å². The molecular weight excluding hydrogens is 236 g/mol. The molecule has 2 fully saturated rings. The van der Waals surface area contributed by atoms with Crippen LogP contribution in [0.15, 0.2) is 0 Å². The Balaban J connectivity index is 1.95. The molecule has 3 heteroatoms. The highest BCUT2D eigenvalue weighted by atomic mass is 16.5. The molecule has 2 aliphatic heterocycles. The van der Waals surface area contributed by atoms with E-state index in [-0.39, 0.29) is 0 Å². The van der Waals surface area contributed by atoms with Crippen LogP contribution in [-0.4, -0.2) is 49.3 Å². The molecule has 3 unspecified atom stereocenters. The van der Waals surface area contributed by atoms with Crippen LogP contribution in [0.3, 0.4) is 0 Å². The Bertz CT molecular complexity index is 276. The molecule has 0 amide bonds. The Labute approximate surface area is 119 Å². The Morgan fingerprint density at radius 2 is 2.21 bits per heavy atom. The molecule has 112 valence electrons. The van der Waals surface area contributed by atoms with Crippen molar-refractivity contribution < 1.29 is 4.74 Å². The summed E-state index contributed by atoms with van der Waals surface area (Å²) in [5.74, 6) is 1.53. The van der Waals surface area contributed by atoms with E-state index in [1.165, 1.54) is 32.4 Å². The van der Waals surface area contributed by atoms with E-state index in [0.717, 1.165) is 31.6 Å². The highest BCUT2D eigenvalue weighted by molar-refractivity contribution is 4.96. The minimum Gasteiger partial charge on any atom is -0.381 e. The Kier molecular flexibility index (Phi) is 5.27. The molecule has 2 rings (SSSR count). The van der Waals surface area contributed by atoms with Crippen LogP contribution in [0.2, 0.25) is 0 Å². The van der Waals surface area contributed by atoms with Crippen molar-refractivity contribution in [1.82, 2.24) is 10.2 Å². The van der Waals surface area contributed by atoms with Gasteiger partial charge in [0.1, 0.15) is 0 Å². The maximum Gasteiger partial charge on any atom is 0.0507 e. The molecule has 1 N–H and O–H groups in total. The highest BCUT2D eigenvalue weighted by Gasteiger charge is 2.37. The third kappa shape index (κ3) is 3.93. The van der Waals surface area contributed by atoms with Crippen molar-refractivity contribution in [3.63, 3.8) is 0 Å². The summed E-state index contributed by atoms with van der Waals surface area (Å²) >= 11 is 0. The molecule has 0 aromatic rings. The van der Waals surface area contributed by atoms with Crippen LogP contribution < -0.4 is 5.32 Å². The fraction of sp³-hybridized carbons (Fsp3) is 1.00. The maximum atomic E-state index is 5.55. The van der Waals surface area contributed by atoms with Crippen molar-refractivity contribution in [2.75, 3.05) is 32.8 Å². The van der Waals surface area contributed by atoms with Gasteiger partial charge in [-0.2, -0.15) is 0 Å². The van der Waals surface area contributed by atoms with Gasteiger partial charge in [-0.15, -0.1) is 0 Å². The summed E-state index contributed by atoms with van der Waals surface area (Å²) < 4.78 is 5.55. The van der Waals surface area contributed by atoms with Crippen LogP contribution in [0, 0.1) is 11.8 Å². The second kappa shape index (κ2) is 6.55. The van der Waals surface area contributed by atoms with E-state index in [4.69, 9.17) is 4.74 Å². The predicted octanol–water partition coefficient (Wildman–Crippen LogP) is 2.51. The van der Waals surface area contributed by atoms with Crippen molar-refractivity contribution in [2.45, 2.75) is 58.5 Å². The number of piperazine rings is 1. The monoisotopic (exact) mass is 268 g/mol. The molecule has 0 aliphatic carbocycles. The van der Waals surface area contributed by atoms with Gasteiger partial charge in [-0.05, 0) is 38.0 Å². The smallest absolute Gasteiger partial charge is 0.0507 e. The molecule has 19 heavy (non-hydrogen) atoms. The lowest BCUT2D eigenvalue weighted by atomic mass is 9.88. The van der Waals surface area contributed by atoms with E-state index in [9.17, 15) is 0 Å². The van der Waals surface area contributed by atoms with E-state index in [0.29, 0.717) is 11.6 Å². The first-order chi connectivity index (χ1) is 9.03. The van der Waals surface area contributed by atoms with Gasteiger partial charge >= 0.3 is 0 Å². The average Bonchev–Trinajstić information content (AvgIpc) is 2.86. The van der Waals surface area contributed by atoms with Crippen molar-refractivity contribution in [3.8, 4) is 0 Å². The van der Waals surface area contributed by atoms with Crippen LogP contribution in [0.5, 0.6) is 0 Å². The fourth-order valence-corrected chi connectivity index (χ4v) is 3.44. The molecule has 0 spiro atoms. The van der Waals surface area contributed by atoms with Crippen LogP contribution in [-0.2, 0) is 4.74 Å². The van der Waals surface area contributed by atoms with Gasteiger partial charge in [0.25, 0.3) is 0 Å². The van der Waals surface area contributed by atoms with Gasteiger partial charge < -0.3 is 10.1 Å². The number of nitrogens with zero attached hydrogens (tertiary/aromatic N) is 1. The lowest BCUT2D eigenvalue weighted by molar-refractivity contribution is 0.0289. The van der Waals surface area contributed by atoms with Crippen LogP contribution in [0.1, 0.15) is 47.0 Å². The quantitative estimate of drug-likeness (QED) is 0.829. The maximum absolute atomic E-state index is 5.55.